The van der Waals surface area contributed by atoms with E-state index < -0.39 is 0 Å². The van der Waals surface area contributed by atoms with Gasteiger partial charge in [-0.2, -0.15) is 0 Å². The van der Waals surface area contributed by atoms with Crippen LogP contribution in [0.4, 0.5) is 0 Å². The highest BCUT2D eigenvalue weighted by Gasteiger charge is 2.28. The molecule has 1 atom stereocenters. The van der Waals surface area contributed by atoms with Gasteiger partial charge in [-0.05, 0) is 31.2 Å². The van der Waals surface area contributed by atoms with Crippen molar-refractivity contribution in [2.75, 3.05) is 13.1 Å². The van der Waals surface area contributed by atoms with Crippen LogP contribution in [-0.4, -0.2) is 25.0 Å². The standard InChI is InChI=1S/C13H26N2O/c1-4-14-9-7-12(16)15-11-6-5-8-13(2,3)10-11/h11,14H,4-10H2,1-3H3,(H,15,16). The van der Waals surface area contributed by atoms with Gasteiger partial charge in [0.1, 0.15) is 0 Å². The van der Waals surface area contributed by atoms with Gasteiger partial charge in [-0.1, -0.05) is 27.2 Å². The fourth-order valence-electron chi connectivity index (χ4n) is 2.50. The van der Waals surface area contributed by atoms with Crippen molar-refractivity contribution >= 4 is 5.91 Å². The van der Waals surface area contributed by atoms with E-state index in [1.807, 2.05) is 0 Å². The summed E-state index contributed by atoms with van der Waals surface area (Å²) in [7, 11) is 0. The van der Waals surface area contributed by atoms with Crippen LogP contribution >= 0.6 is 0 Å². The Labute approximate surface area is 99.4 Å². The third kappa shape index (κ3) is 4.97. The first kappa shape index (κ1) is 13.5. The average molecular weight is 226 g/mol. The molecule has 0 aliphatic heterocycles. The van der Waals surface area contributed by atoms with Crippen LogP contribution in [0.25, 0.3) is 0 Å². The topological polar surface area (TPSA) is 41.1 Å². The van der Waals surface area contributed by atoms with Gasteiger partial charge in [-0.15, -0.1) is 0 Å². The van der Waals surface area contributed by atoms with Crippen LogP contribution in [0.2, 0.25) is 0 Å². The number of nitrogens with one attached hydrogen (secondary N) is 2. The zero-order valence-electron chi connectivity index (χ0n) is 10.9. The van der Waals surface area contributed by atoms with Crippen LogP contribution in [-0.2, 0) is 4.79 Å². The molecule has 1 aliphatic carbocycles. The Morgan fingerprint density at radius 3 is 2.81 bits per heavy atom. The summed E-state index contributed by atoms with van der Waals surface area (Å²) in [5.74, 6) is 0.198. The second-order valence-corrected chi connectivity index (χ2v) is 5.63. The SMILES string of the molecule is CCNCCC(=O)NC1CCCC(C)(C)C1. The lowest BCUT2D eigenvalue weighted by Crippen LogP contribution is -2.41. The molecular weight excluding hydrogens is 200 g/mol. The minimum atomic E-state index is 0.198. The summed E-state index contributed by atoms with van der Waals surface area (Å²) in [4.78, 5) is 11.6. The Morgan fingerprint density at radius 2 is 2.19 bits per heavy atom. The van der Waals surface area contributed by atoms with E-state index in [0.29, 0.717) is 17.9 Å². The molecule has 1 unspecified atom stereocenters. The largest absolute Gasteiger partial charge is 0.353 e. The molecule has 1 amide bonds. The summed E-state index contributed by atoms with van der Waals surface area (Å²) < 4.78 is 0. The predicted molar refractivity (Wildman–Crippen MR) is 67.3 cm³/mol. The second-order valence-electron chi connectivity index (χ2n) is 5.63. The van der Waals surface area contributed by atoms with E-state index >= 15 is 0 Å². The Morgan fingerprint density at radius 1 is 1.44 bits per heavy atom. The Bertz CT molecular complexity index is 226. The quantitative estimate of drug-likeness (QED) is 0.705. The summed E-state index contributed by atoms with van der Waals surface area (Å²) in [5.41, 5.74) is 0.401. The van der Waals surface area contributed by atoms with E-state index in [-0.39, 0.29) is 5.91 Å². The van der Waals surface area contributed by atoms with Crippen LogP contribution in [0.1, 0.15) is 52.9 Å². The van der Waals surface area contributed by atoms with Gasteiger partial charge in [0, 0.05) is 19.0 Å². The number of carbonyl (C=O) groups excluding carboxylic acids is 1. The van der Waals surface area contributed by atoms with Gasteiger partial charge in [-0.3, -0.25) is 4.79 Å². The van der Waals surface area contributed by atoms with Crippen LogP contribution in [0.15, 0.2) is 0 Å². The lowest BCUT2D eigenvalue weighted by atomic mass is 9.75. The number of carbonyl (C=O) groups is 1. The summed E-state index contributed by atoms with van der Waals surface area (Å²) in [6.45, 7) is 8.37. The molecule has 0 radical (unpaired) electrons. The highest BCUT2D eigenvalue weighted by atomic mass is 16.1. The monoisotopic (exact) mass is 226 g/mol. The lowest BCUT2D eigenvalue weighted by molar-refractivity contribution is -0.122. The zero-order valence-corrected chi connectivity index (χ0v) is 10.9. The summed E-state index contributed by atoms with van der Waals surface area (Å²) in [6, 6.07) is 0.401. The van der Waals surface area contributed by atoms with E-state index in [0.717, 1.165) is 25.9 Å². The number of hydrogen-bond acceptors (Lipinski definition) is 2. The van der Waals surface area contributed by atoms with Crippen molar-refractivity contribution in [1.29, 1.82) is 0 Å². The number of amides is 1. The molecule has 0 heterocycles. The van der Waals surface area contributed by atoms with Crippen molar-refractivity contribution in [3.05, 3.63) is 0 Å². The summed E-state index contributed by atoms with van der Waals surface area (Å²) in [6.07, 6.45) is 5.41. The van der Waals surface area contributed by atoms with Gasteiger partial charge in [0.2, 0.25) is 5.91 Å². The number of rotatable bonds is 5. The van der Waals surface area contributed by atoms with E-state index in [4.69, 9.17) is 0 Å². The fraction of sp³-hybridized carbons (Fsp3) is 0.923. The van der Waals surface area contributed by atoms with E-state index in [2.05, 4.69) is 31.4 Å². The van der Waals surface area contributed by atoms with Crippen LogP contribution < -0.4 is 10.6 Å². The van der Waals surface area contributed by atoms with Crippen molar-refractivity contribution in [2.45, 2.75) is 58.9 Å². The van der Waals surface area contributed by atoms with Gasteiger partial charge < -0.3 is 10.6 Å². The Hall–Kier alpha value is -0.570. The van der Waals surface area contributed by atoms with Gasteiger partial charge in [0.15, 0.2) is 0 Å². The molecule has 1 saturated carbocycles. The lowest BCUT2D eigenvalue weighted by Gasteiger charge is -2.35. The van der Waals surface area contributed by atoms with Crippen LogP contribution in [0.5, 0.6) is 0 Å². The minimum absolute atomic E-state index is 0.198. The molecule has 94 valence electrons. The van der Waals surface area contributed by atoms with Crippen LogP contribution in [0.3, 0.4) is 0 Å². The highest BCUT2D eigenvalue weighted by Crippen LogP contribution is 2.34. The number of hydrogen-bond donors (Lipinski definition) is 2. The minimum Gasteiger partial charge on any atom is -0.353 e. The normalized spacial score (nSPS) is 24.1. The average Bonchev–Trinajstić information content (AvgIpc) is 2.16. The van der Waals surface area contributed by atoms with Crippen molar-refractivity contribution < 1.29 is 4.79 Å². The third-order valence-corrected chi connectivity index (χ3v) is 3.35. The van der Waals surface area contributed by atoms with Gasteiger partial charge in [0.05, 0.1) is 0 Å². The molecule has 0 aromatic rings. The van der Waals surface area contributed by atoms with Crippen molar-refractivity contribution in [2.24, 2.45) is 5.41 Å². The van der Waals surface area contributed by atoms with Crippen molar-refractivity contribution in [3.8, 4) is 0 Å². The maximum atomic E-state index is 11.6. The third-order valence-electron chi connectivity index (χ3n) is 3.35. The van der Waals surface area contributed by atoms with Gasteiger partial charge >= 0.3 is 0 Å². The van der Waals surface area contributed by atoms with E-state index in [1.165, 1.54) is 12.8 Å². The van der Waals surface area contributed by atoms with Crippen molar-refractivity contribution in [3.63, 3.8) is 0 Å². The second kappa shape index (κ2) is 6.24. The zero-order chi connectivity index (χ0) is 12.0. The fourth-order valence-corrected chi connectivity index (χ4v) is 2.50. The summed E-state index contributed by atoms with van der Waals surface area (Å²) >= 11 is 0. The molecule has 2 N–H and O–H groups in total. The predicted octanol–water partition coefficient (Wildman–Crippen LogP) is 2.07. The molecule has 0 bridgehead atoms. The molecule has 3 nitrogen and oxygen atoms in total. The molecule has 16 heavy (non-hydrogen) atoms. The van der Waals surface area contributed by atoms with E-state index in [1.54, 1.807) is 0 Å². The molecule has 0 aromatic heterocycles. The molecule has 3 heteroatoms. The van der Waals surface area contributed by atoms with Crippen molar-refractivity contribution in [1.82, 2.24) is 10.6 Å². The Balaban J connectivity index is 2.23. The first-order valence-corrected chi connectivity index (χ1v) is 6.53. The molecule has 0 aromatic carbocycles. The Kier molecular flexibility index (Phi) is 5.26. The maximum Gasteiger partial charge on any atom is 0.221 e. The van der Waals surface area contributed by atoms with Crippen LogP contribution in [0, 0.1) is 5.41 Å². The maximum absolute atomic E-state index is 11.6. The van der Waals surface area contributed by atoms with Gasteiger partial charge in [0.25, 0.3) is 0 Å². The molecule has 1 rings (SSSR count). The first-order chi connectivity index (χ1) is 7.53. The smallest absolute Gasteiger partial charge is 0.221 e. The summed E-state index contributed by atoms with van der Waals surface area (Å²) in [5, 5.41) is 6.33. The first-order valence-electron chi connectivity index (χ1n) is 6.53. The molecule has 1 aliphatic rings. The van der Waals surface area contributed by atoms with Gasteiger partial charge in [-0.25, -0.2) is 0 Å². The molecule has 0 spiro atoms. The molecular formula is C13H26N2O. The molecule has 1 fully saturated rings. The molecule has 0 saturated heterocycles. The van der Waals surface area contributed by atoms with E-state index in [9.17, 15) is 4.79 Å². The highest BCUT2D eigenvalue weighted by molar-refractivity contribution is 5.76.